The topological polar surface area (TPSA) is 21.3 Å². The number of hydrogen-bond donors (Lipinski definition) is 1. The first kappa shape index (κ1) is 8.38. The lowest BCUT2D eigenvalue weighted by molar-refractivity contribution is -0.0575. The molecule has 3 fully saturated rings. The summed E-state index contributed by atoms with van der Waals surface area (Å²) in [7, 11) is 1.62. The average molecular weight is 177 g/mol. The van der Waals surface area contributed by atoms with Crippen LogP contribution in [0.15, 0.2) is 0 Å². The van der Waals surface area contributed by atoms with Crippen LogP contribution in [0.25, 0.3) is 0 Å². The van der Waals surface area contributed by atoms with Crippen LogP contribution in [0.5, 0.6) is 0 Å². The van der Waals surface area contributed by atoms with Crippen molar-refractivity contribution in [1.82, 2.24) is 5.32 Å². The zero-order chi connectivity index (χ0) is 8.82. The lowest BCUT2D eigenvalue weighted by atomic mass is 9.62. The molecule has 70 valence electrons. The molecule has 0 amide bonds. The molecule has 3 rings (SSSR count). The van der Waals surface area contributed by atoms with Crippen molar-refractivity contribution in [3.05, 3.63) is 0 Å². The predicted molar refractivity (Wildman–Crippen MR) is 40.3 cm³/mol. The number of halogens is 2. The summed E-state index contributed by atoms with van der Waals surface area (Å²) in [6.07, 6.45) is -1.08. The first-order valence-corrected chi connectivity index (χ1v) is 4.15. The van der Waals surface area contributed by atoms with Gasteiger partial charge in [0, 0.05) is 19.1 Å². The Balaban J connectivity index is 2.00. The number of ether oxygens (including phenoxy) is 1. The Kier molecular flexibility index (Phi) is 1.67. The molecule has 1 N–H and O–H groups in total. The predicted octanol–water partition coefficient (Wildman–Crippen LogP) is 1.02. The molecular formula is C8H13F2NO. The van der Waals surface area contributed by atoms with Gasteiger partial charge in [0.05, 0.1) is 12.1 Å². The molecule has 2 bridgehead atoms. The van der Waals surface area contributed by atoms with Crippen LogP contribution in [-0.4, -0.2) is 32.2 Å². The molecule has 4 heteroatoms. The fraction of sp³-hybridized carbons (Fsp3) is 1.00. The van der Waals surface area contributed by atoms with Crippen molar-refractivity contribution in [2.75, 3.05) is 20.3 Å². The number of nitrogens with one attached hydrogen (secondary N) is 1. The van der Waals surface area contributed by atoms with Gasteiger partial charge in [0.1, 0.15) is 0 Å². The van der Waals surface area contributed by atoms with Crippen molar-refractivity contribution < 1.29 is 13.5 Å². The van der Waals surface area contributed by atoms with Gasteiger partial charge in [-0.25, -0.2) is 8.78 Å². The smallest absolute Gasteiger partial charge is 0.256 e. The monoisotopic (exact) mass is 177 g/mol. The number of methoxy groups -OCH3 is 1. The van der Waals surface area contributed by atoms with E-state index in [1.165, 1.54) is 0 Å². The molecule has 2 nitrogen and oxygen atoms in total. The minimum Gasteiger partial charge on any atom is -0.384 e. The van der Waals surface area contributed by atoms with E-state index in [4.69, 9.17) is 4.74 Å². The lowest BCUT2D eigenvalue weighted by Crippen LogP contribution is -2.54. The number of alkyl halides is 2. The molecule has 0 aromatic heterocycles. The highest BCUT2D eigenvalue weighted by Gasteiger charge is 2.64. The molecule has 2 heterocycles. The number of fused-ring (bicyclic) bond motifs is 1. The van der Waals surface area contributed by atoms with Crippen LogP contribution in [0.1, 0.15) is 12.8 Å². The number of hydrogen-bond acceptors (Lipinski definition) is 2. The first-order chi connectivity index (χ1) is 5.63. The molecule has 1 aliphatic carbocycles. The third-order valence-electron chi connectivity index (χ3n) is 3.06. The Labute approximate surface area is 70.3 Å². The summed E-state index contributed by atoms with van der Waals surface area (Å²) in [6, 6.07) is 0. The maximum absolute atomic E-state index is 12.5. The number of rotatable bonds is 3. The Hall–Kier alpha value is -0.220. The van der Waals surface area contributed by atoms with E-state index in [2.05, 4.69) is 5.32 Å². The standard InChI is InChI=1S/C8H13F2NO/c1-12-5-7-2-8(3-7,6(9)10)11-4-7/h6,11H,2-5H2,1H3. The Morgan fingerprint density at radius 1 is 1.50 bits per heavy atom. The third kappa shape index (κ3) is 0.910. The quantitative estimate of drug-likeness (QED) is 0.695. The van der Waals surface area contributed by atoms with E-state index in [1.54, 1.807) is 7.11 Å². The molecule has 1 saturated carbocycles. The van der Waals surface area contributed by atoms with Crippen molar-refractivity contribution in [3.8, 4) is 0 Å². The fourth-order valence-corrected chi connectivity index (χ4v) is 2.59. The highest BCUT2D eigenvalue weighted by atomic mass is 19.3. The molecule has 2 saturated heterocycles. The highest BCUT2D eigenvalue weighted by Crippen LogP contribution is 2.56. The largest absolute Gasteiger partial charge is 0.384 e. The minimum atomic E-state index is -2.23. The molecule has 0 unspecified atom stereocenters. The second-order valence-corrected chi connectivity index (χ2v) is 4.10. The normalized spacial score (nSPS) is 45.0. The van der Waals surface area contributed by atoms with Crippen molar-refractivity contribution in [2.24, 2.45) is 5.41 Å². The van der Waals surface area contributed by atoms with Crippen LogP contribution < -0.4 is 5.32 Å². The maximum Gasteiger partial charge on any atom is 0.256 e. The molecule has 2 aliphatic heterocycles. The summed E-state index contributed by atoms with van der Waals surface area (Å²) in [5.74, 6) is 0. The van der Waals surface area contributed by atoms with E-state index in [1.807, 2.05) is 0 Å². The zero-order valence-electron chi connectivity index (χ0n) is 7.07. The van der Waals surface area contributed by atoms with Gasteiger partial charge in [-0.1, -0.05) is 0 Å². The van der Waals surface area contributed by atoms with Crippen LogP contribution in [0, 0.1) is 5.41 Å². The van der Waals surface area contributed by atoms with Crippen LogP contribution in [0.2, 0.25) is 0 Å². The summed E-state index contributed by atoms with van der Waals surface area (Å²) in [5.41, 5.74) is -0.844. The van der Waals surface area contributed by atoms with Crippen LogP contribution in [0.3, 0.4) is 0 Å². The molecule has 0 atom stereocenters. The summed E-state index contributed by atoms with van der Waals surface area (Å²) in [5, 5.41) is 2.90. The van der Waals surface area contributed by atoms with Gasteiger partial charge >= 0.3 is 0 Å². The summed E-state index contributed by atoms with van der Waals surface area (Å²) >= 11 is 0. The van der Waals surface area contributed by atoms with Gasteiger partial charge < -0.3 is 10.1 Å². The van der Waals surface area contributed by atoms with E-state index in [-0.39, 0.29) is 5.41 Å². The Morgan fingerprint density at radius 2 is 2.17 bits per heavy atom. The summed E-state index contributed by atoms with van der Waals surface area (Å²) in [6.45, 7) is 1.29. The van der Waals surface area contributed by atoms with Gasteiger partial charge in [0.15, 0.2) is 0 Å². The first-order valence-electron chi connectivity index (χ1n) is 4.15. The molecule has 0 radical (unpaired) electrons. The van der Waals surface area contributed by atoms with Crippen LogP contribution in [0.4, 0.5) is 8.78 Å². The lowest BCUT2D eigenvalue weighted by Gasteiger charge is -2.45. The second kappa shape index (κ2) is 2.39. The van der Waals surface area contributed by atoms with E-state index >= 15 is 0 Å². The average Bonchev–Trinajstić information content (AvgIpc) is 2.42. The Morgan fingerprint density at radius 3 is 2.58 bits per heavy atom. The second-order valence-electron chi connectivity index (χ2n) is 4.10. The molecule has 0 spiro atoms. The third-order valence-corrected chi connectivity index (χ3v) is 3.06. The van der Waals surface area contributed by atoms with Gasteiger partial charge in [-0.15, -0.1) is 0 Å². The molecular weight excluding hydrogens is 164 g/mol. The van der Waals surface area contributed by atoms with Gasteiger partial charge in [-0.3, -0.25) is 0 Å². The van der Waals surface area contributed by atoms with Gasteiger partial charge in [0.25, 0.3) is 6.43 Å². The van der Waals surface area contributed by atoms with E-state index in [0.29, 0.717) is 26.0 Å². The summed E-state index contributed by atoms with van der Waals surface area (Å²) in [4.78, 5) is 0. The zero-order valence-corrected chi connectivity index (χ0v) is 7.07. The maximum atomic E-state index is 12.5. The van der Waals surface area contributed by atoms with Gasteiger partial charge in [0.2, 0.25) is 0 Å². The van der Waals surface area contributed by atoms with Crippen molar-refractivity contribution >= 4 is 0 Å². The van der Waals surface area contributed by atoms with Crippen molar-refractivity contribution in [1.29, 1.82) is 0 Å². The van der Waals surface area contributed by atoms with Gasteiger partial charge in [-0.2, -0.15) is 0 Å². The fourth-order valence-electron chi connectivity index (χ4n) is 2.59. The van der Waals surface area contributed by atoms with E-state index in [0.717, 1.165) is 0 Å². The molecule has 12 heavy (non-hydrogen) atoms. The van der Waals surface area contributed by atoms with Crippen molar-refractivity contribution in [3.63, 3.8) is 0 Å². The van der Waals surface area contributed by atoms with Crippen LogP contribution in [-0.2, 0) is 4.74 Å². The minimum absolute atomic E-state index is 0.0190. The highest BCUT2D eigenvalue weighted by molar-refractivity contribution is 5.18. The van der Waals surface area contributed by atoms with Gasteiger partial charge in [-0.05, 0) is 12.8 Å². The molecule has 0 aromatic rings. The SMILES string of the molecule is COCC12CNC(C(F)F)(C1)C2. The molecule has 3 aliphatic rings. The van der Waals surface area contributed by atoms with E-state index < -0.39 is 12.0 Å². The van der Waals surface area contributed by atoms with Crippen LogP contribution >= 0.6 is 0 Å². The van der Waals surface area contributed by atoms with Crippen molar-refractivity contribution in [2.45, 2.75) is 24.8 Å². The summed E-state index contributed by atoms with van der Waals surface area (Å²) < 4.78 is 29.9. The Bertz CT molecular complexity index is 189. The molecule has 0 aromatic carbocycles. The van der Waals surface area contributed by atoms with E-state index in [9.17, 15) is 8.78 Å².